The second kappa shape index (κ2) is 16.9. The molecule has 0 spiro atoms. The summed E-state index contributed by atoms with van der Waals surface area (Å²) in [6.07, 6.45) is 24.7. The van der Waals surface area contributed by atoms with E-state index in [4.69, 9.17) is 0 Å². The Balaban J connectivity index is 0. The Morgan fingerprint density at radius 1 is 0.667 bits per heavy atom. The molecular weight excluding hydrogens is 216 g/mol. The van der Waals surface area contributed by atoms with Gasteiger partial charge in [0.15, 0.2) is 0 Å². The first-order valence-corrected chi connectivity index (χ1v) is 4.70. The van der Waals surface area contributed by atoms with E-state index in [0.29, 0.717) is 0 Å². The molecule has 2 aliphatic rings. The number of hydrogen-bond acceptors (Lipinski definition) is 0. The molecule has 1 heteroatoms. The summed E-state index contributed by atoms with van der Waals surface area (Å²) >= 11 is 0. The van der Waals surface area contributed by atoms with Crippen molar-refractivity contribution in [1.29, 1.82) is 0 Å². The summed E-state index contributed by atoms with van der Waals surface area (Å²) in [5.41, 5.74) is 0. The fraction of sp³-hybridized carbons (Fsp3) is 0.143. The maximum Gasteiger partial charge on any atom is 0 e. The van der Waals surface area contributed by atoms with E-state index in [1.807, 2.05) is 84.1 Å². The largest absolute Gasteiger partial charge is 0.504 e. The SMILES string of the molecule is C[C-]=CC.[CH]1[CH][CH][CH][CH]1.[CH]1[CH][CH][CH][CH]1.[Ti]. The Hall–Kier alpha value is 0.454. The molecule has 0 aromatic rings. The van der Waals surface area contributed by atoms with Crippen molar-refractivity contribution in [1.82, 2.24) is 0 Å². The van der Waals surface area contributed by atoms with Crippen molar-refractivity contribution in [2.75, 3.05) is 0 Å². The van der Waals surface area contributed by atoms with Crippen LogP contribution in [0.3, 0.4) is 0 Å². The van der Waals surface area contributed by atoms with E-state index >= 15 is 0 Å². The van der Waals surface area contributed by atoms with Crippen molar-refractivity contribution in [3.8, 4) is 0 Å². The summed E-state index contributed by atoms with van der Waals surface area (Å²) in [5.74, 6) is 0. The molecule has 0 unspecified atom stereocenters. The third-order valence-corrected chi connectivity index (χ3v) is 1.40. The van der Waals surface area contributed by atoms with Crippen LogP contribution in [0.2, 0.25) is 0 Å². The Morgan fingerprint density at radius 3 is 0.867 bits per heavy atom. The van der Waals surface area contributed by atoms with E-state index in [1.54, 1.807) is 0 Å². The maximum atomic E-state index is 2.81. The molecule has 2 saturated carbocycles. The summed E-state index contributed by atoms with van der Waals surface area (Å²) in [7, 11) is 0. The van der Waals surface area contributed by atoms with Gasteiger partial charge in [-0.3, -0.25) is 6.08 Å². The zero-order chi connectivity index (χ0) is 10.5. The smallest absolute Gasteiger partial charge is 0 e. The van der Waals surface area contributed by atoms with Gasteiger partial charge >= 0.3 is 0 Å². The van der Waals surface area contributed by atoms with Gasteiger partial charge in [-0.05, 0) is 64.2 Å². The quantitative estimate of drug-likeness (QED) is 0.444. The van der Waals surface area contributed by atoms with Gasteiger partial charge in [0.25, 0.3) is 0 Å². The van der Waals surface area contributed by atoms with Crippen LogP contribution in [-0.4, -0.2) is 0 Å². The second-order valence-electron chi connectivity index (χ2n) is 2.50. The summed E-state index contributed by atoms with van der Waals surface area (Å²) in [6, 6.07) is 0. The van der Waals surface area contributed by atoms with E-state index < -0.39 is 0 Å². The molecule has 2 rings (SSSR count). The van der Waals surface area contributed by atoms with Gasteiger partial charge in [0, 0.05) is 21.7 Å². The summed E-state index contributed by atoms with van der Waals surface area (Å²) < 4.78 is 0. The van der Waals surface area contributed by atoms with Crippen molar-refractivity contribution in [3.63, 3.8) is 0 Å². The van der Waals surface area contributed by atoms with Crippen molar-refractivity contribution >= 4 is 0 Å². The molecular formula is C14H17Ti-. The summed E-state index contributed by atoms with van der Waals surface area (Å²) in [6.45, 7) is 3.82. The first kappa shape index (κ1) is 17.8. The Morgan fingerprint density at radius 2 is 0.800 bits per heavy atom. The molecule has 0 nitrogen and oxygen atoms in total. The summed E-state index contributed by atoms with van der Waals surface area (Å²) in [5, 5.41) is 0. The molecule has 0 heterocycles. The fourth-order valence-electron chi connectivity index (χ4n) is 0.642. The van der Waals surface area contributed by atoms with Gasteiger partial charge in [-0.15, -0.1) is 0 Å². The number of allylic oxidation sites excluding steroid dienone is 2. The average Bonchev–Trinajstić information content (AvgIpc) is 2.94. The van der Waals surface area contributed by atoms with Gasteiger partial charge in [-0.1, -0.05) is 6.92 Å². The van der Waals surface area contributed by atoms with Gasteiger partial charge in [0.05, 0.1) is 0 Å². The van der Waals surface area contributed by atoms with Crippen molar-refractivity contribution in [3.05, 3.63) is 76.4 Å². The van der Waals surface area contributed by atoms with Crippen LogP contribution in [0, 0.1) is 70.3 Å². The average molecular weight is 233 g/mol. The van der Waals surface area contributed by atoms with Crippen molar-refractivity contribution in [2.45, 2.75) is 13.8 Å². The van der Waals surface area contributed by atoms with Crippen LogP contribution >= 0.6 is 0 Å². The number of hydrogen-bond donors (Lipinski definition) is 0. The second-order valence-corrected chi connectivity index (χ2v) is 2.50. The minimum Gasteiger partial charge on any atom is -0.504 e. The molecule has 0 bridgehead atoms. The third-order valence-electron chi connectivity index (χ3n) is 1.40. The van der Waals surface area contributed by atoms with Gasteiger partial charge in [0.2, 0.25) is 0 Å². The minimum absolute atomic E-state index is 0. The third kappa shape index (κ3) is 17.1. The topological polar surface area (TPSA) is 0 Å². The maximum absolute atomic E-state index is 2.81. The van der Waals surface area contributed by atoms with E-state index in [9.17, 15) is 0 Å². The van der Waals surface area contributed by atoms with E-state index in [0.717, 1.165) is 0 Å². The summed E-state index contributed by atoms with van der Waals surface area (Å²) in [4.78, 5) is 0. The van der Waals surface area contributed by atoms with Crippen LogP contribution in [0.25, 0.3) is 0 Å². The molecule has 10 radical (unpaired) electrons. The van der Waals surface area contributed by atoms with Gasteiger partial charge in [-0.25, -0.2) is 0 Å². The predicted molar refractivity (Wildman–Crippen MR) is 62.2 cm³/mol. The van der Waals surface area contributed by atoms with Crippen molar-refractivity contribution in [2.24, 2.45) is 0 Å². The van der Waals surface area contributed by atoms with Crippen LogP contribution in [0.4, 0.5) is 0 Å². The van der Waals surface area contributed by atoms with E-state index in [-0.39, 0.29) is 21.7 Å². The molecule has 0 aromatic carbocycles. The Bertz CT molecular complexity index is 81.3. The van der Waals surface area contributed by atoms with Gasteiger partial charge in [0.1, 0.15) is 0 Å². The van der Waals surface area contributed by atoms with Crippen molar-refractivity contribution < 1.29 is 21.7 Å². The van der Waals surface area contributed by atoms with Crippen LogP contribution in [0.5, 0.6) is 0 Å². The monoisotopic (exact) mass is 233 g/mol. The normalized spacial score (nSPS) is 18.5. The van der Waals surface area contributed by atoms with E-state index in [1.165, 1.54) is 0 Å². The molecule has 0 saturated heterocycles. The molecule has 15 heavy (non-hydrogen) atoms. The Kier molecular flexibility index (Phi) is 20.1. The molecule has 0 N–H and O–H groups in total. The zero-order valence-electron chi connectivity index (χ0n) is 9.35. The van der Waals surface area contributed by atoms with Crippen LogP contribution in [0.15, 0.2) is 6.08 Å². The molecule has 0 atom stereocenters. The van der Waals surface area contributed by atoms with Gasteiger partial charge < -0.3 is 6.08 Å². The molecule has 0 amide bonds. The van der Waals surface area contributed by atoms with Crippen LogP contribution in [-0.2, 0) is 21.7 Å². The Labute approximate surface area is 112 Å². The van der Waals surface area contributed by atoms with E-state index in [2.05, 4.69) is 6.08 Å². The number of rotatable bonds is 0. The molecule has 78 valence electrons. The molecule has 0 aliphatic heterocycles. The fourth-order valence-corrected chi connectivity index (χ4v) is 0.642. The first-order valence-electron chi connectivity index (χ1n) is 4.70. The molecule has 2 fully saturated rings. The molecule has 2 aliphatic carbocycles. The van der Waals surface area contributed by atoms with Crippen LogP contribution in [0.1, 0.15) is 13.8 Å². The molecule has 0 aromatic heterocycles. The predicted octanol–water partition coefficient (Wildman–Crippen LogP) is 3.43. The van der Waals surface area contributed by atoms with Crippen LogP contribution < -0.4 is 0 Å². The first-order chi connectivity index (χ1) is 6.91. The van der Waals surface area contributed by atoms with Gasteiger partial charge in [-0.2, -0.15) is 6.92 Å². The minimum atomic E-state index is 0. The standard InChI is InChI=1S/2C5H5.C4H7.Ti/c2*1-2-4-5-3-1;1-3-4-2;/h2*1-5H;3H,1-2H3;/q;;-1;. The zero-order valence-corrected chi connectivity index (χ0v) is 10.9.